The van der Waals surface area contributed by atoms with E-state index < -0.39 is 15.8 Å². The molecule has 4 nitrogen and oxygen atoms in total. The number of hydrogen-bond donors (Lipinski definition) is 1. The maximum atomic E-state index is 11.0. The van der Waals surface area contributed by atoms with E-state index in [1.807, 2.05) is 60.7 Å². The summed E-state index contributed by atoms with van der Waals surface area (Å²) in [5, 5.41) is 20.5. The van der Waals surface area contributed by atoms with Crippen LogP contribution in [0.1, 0.15) is 5.56 Å². The average Bonchev–Trinajstić information content (AvgIpc) is 2.64. The molecule has 0 bridgehead atoms. The van der Waals surface area contributed by atoms with E-state index in [0.717, 1.165) is 14.7 Å². The van der Waals surface area contributed by atoms with Crippen molar-refractivity contribution in [1.29, 1.82) is 5.26 Å². The molecule has 0 radical (unpaired) electrons. The molecule has 5 heteroatoms. The van der Waals surface area contributed by atoms with Gasteiger partial charge in [-0.05, 0) is 40.1 Å². The fourth-order valence-corrected chi connectivity index (χ4v) is 4.88. The van der Waals surface area contributed by atoms with Crippen molar-refractivity contribution in [3.63, 3.8) is 0 Å². The molecule has 0 aliphatic carbocycles. The van der Waals surface area contributed by atoms with Crippen molar-refractivity contribution >= 4 is 16.6 Å². The molecule has 0 unspecified atom stereocenters. The zero-order valence-corrected chi connectivity index (χ0v) is 13.6. The Labute approximate surface area is 142 Å². The lowest BCUT2D eigenvalue weighted by Crippen LogP contribution is -1.94. The predicted molar refractivity (Wildman–Crippen MR) is 94.5 cm³/mol. The minimum absolute atomic E-state index is 0.0635. The summed E-state index contributed by atoms with van der Waals surface area (Å²) in [4.78, 5) is 13.5. The molecule has 0 aliphatic heterocycles. The van der Waals surface area contributed by atoms with Crippen LogP contribution in [0.3, 0.4) is 0 Å². The molecule has 0 heterocycles. The normalized spacial score (nSPS) is 10.7. The van der Waals surface area contributed by atoms with E-state index >= 15 is 0 Å². The summed E-state index contributed by atoms with van der Waals surface area (Å²) >= 11 is 0. The smallest absolute Gasteiger partial charge is 0.258 e. The molecule has 24 heavy (non-hydrogen) atoms. The molecule has 3 rings (SSSR count). The molecule has 0 fully saturated rings. The van der Waals surface area contributed by atoms with Gasteiger partial charge in [0.15, 0.2) is 0 Å². The molecule has 0 saturated heterocycles. The van der Waals surface area contributed by atoms with Gasteiger partial charge < -0.3 is 0 Å². The highest BCUT2D eigenvalue weighted by Gasteiger charge is 2.18. The second kappa shape index (κ2) is 6.99. The first kappa shape index (κ1) is 15.8. The van der Waals surface area contributed by atoms with Crippen LogP contribution in [-0.4, -0.2) is 4.92 Å². The van der Waals surface area contributed by atoms with E-state index in [4.69, 9.17) is 0 Å². The van der Waals surface area contributed by atoms with Crippen LogP contribution in [-0.2, 0) is 0 Å². The lowest BCUT2D eigenvalue weighted by atomic mass is 10.2. The van der Waals surface area contributed by atoms with Gasteiger partial charge in [-0.3, -0.25) is 10.1 Å². The first-order valence-corrected chi connectivity index (χ1v) is 8.63. The summed E-state index contributed by atoms with van der Waals surface area (Å²) in [6.45, 7) is 0. The standard InChI is InChI=1S/C19H14N2O2S/c20-14-15-13-16(21(22)23)11-12-19(15)24(17-7-3-1-4-8-17)18-9-5-2-6-10-18/h1-13,24H. The molecular formula is C19H14N2O2S. The molecule has 0 atom stereocenters. The summed E-state index contributed by atoms with van der Waals surface area (Å²) in [6, 6.07) is 26.5. The van der Waals surface area contributed by atoms with E-state index in [1.165, 1.54) is 12.1 Å². The molecular weight excluding hydrogens is 320 g/mol. The maximum Gasteiger partial charge on any atom is 0.270 e. The number of rotatable bonds is 4. The van der Waals surface area contributed by atoms with Crippen LogP contribution in [0, 0.1) is 21.4 Å². The minimum Gasteiger partial charge on any atom is -0.258 e. The highest BCUT2D eigenvalue weighted by molar-refractivity contribution is 8.17. The average molecular weight is 334 g/mol. The van der Waals surface area contributed by atoms with Gasteiger partial charge in [-0.25, -0.2) is 0 Å². The fourth-order valence-electron chi connectivity index (χ4n) is 2.50. The number of nitriles is 1. The van der Waals surface area contributed by atoms with E-state index in [1.54, 1.807) is 6.07 Å². The molecule has 3 aromatic carbocycles. The predicted octanol–water partition coefficient (Wildman–Crippen LogP) is 4.94. The zero-order valence-electron chi connectivity index (χ0n) is 12.7. The first-order chi connectivity index (χ1) is 11.7. The first-order valence-electron chi connectivity index (χ1n) is 7.29. The van der Waals surface area contributed by atoms with Crippen LogP contribution >= 0.6 is 10.9 Å². The molecule has 0 saturated carbocycles. The van der Waals surface area contributed by atoms with Crippen molar-refractivity contribution in [3.8, 4) is 6.07 Å². The number of nitrogens with zero attached hydrogens (tertiary/aromatic N) is 2. The van der Waals surface area contributed by atoms with Gasteiger partial charge in [-0.2, -0.15) is 16.2 Å². The number of thiol groups is 1. The third kappa shape index (κ3) is 3.14. The van der Waals surface area contributed by atoms with Crippen molar-refractivity contribution in [2.45, 2.75) is 14.7 Å². The zero-order chi connectivity index (χ0) is 16.9. The van der Waals surface area contributed by atoms with Crippen molar-refractivity contribution in [2.24, 2.45) is 0 Å². The van der Waals surface area contributed by atoms with Crippen LogP contribution in [0.4, 0.5) is 5.69 Å². The van der Waals surface area contributed by atoms with Crippen molar-refractivity contribution < 1.29 is 4.92 Å². The number of benzene rings is 3. The molecule has 0 aromatic heterocycles. The summed E-state index contributed by atoms with van der Waals surface area (Å²) < 4.78 is 0. The minimum atomic E-state index is -0.949. The summed E-state index contributed by atoms with van der Waals surface area (Å²) in [6.07, 6.45) is 0. The summed E-state index contributed by atoms with van der Waals surface area (Å²) in [5.74, 6) is 0. The third-order valence-electron chi connectivity index (χ3n) is 3.58. The molecule has 0 N–H and O–H groups in total. The van der Waals surface area contributed by atoms with E-state index in [2.05, 4.69) is 6.07 Å². The quantitative estimate of drug-likeness (QED) is 0.417. The fraction of sp³-hybridized carbons (Fsp3) is 0. The monoisotopic (exact) mass is 334 g/mol. The Bertz CT molecular complexity index is 866. The molecule has 3 aromatic rings. The van der Waals surface area contributed by atoms with Gasteiger partial charge in [-0.1, -0.05) is 36.4 Å². The van der Waals surface area contributed by atoms with Gasteiger partial charge in [0.2, 0.25) is 0 Å². The third-order valence-corrected chi connectivity index (χ3v) is 6.08. The topological polar surface area (TPSA) is 66.9 Å². The highest BCUT2D eigenvalue weighted by atomic mass is 32.2. The summed E-state index contributed by atoms with van der Waals surface area (Å²) in [5.41, 5.74) is 0.286. The summed E-state index contributed by atoms with van der Waals surface area (Å²) in [7, 11) is -0.949. The Morgan fingerprint density at radius 1 is 0.875 bits per heavy atom. The number of hydrogen-bond acceptors (Lipinski definition) is 3. The lowest BCUT2D eigenvalue weighted by molar-refractivity contribution is -0.384. The SMILES string of the molecule is N#Cc1cc([N+](=O)[O-])ccc1[SH](c1ccccc1)c1ccccc1. The molecule has 118 valence electrons. The van der Waals surface area contributed by atoms with Gasteiger partial charge in [-0.15, -0.1) is 0 Å². The Hall–Kier alpha value is -3.10. The van der Waals surface area contributed by atoms with Gasteiger partial charge >= 0.3 is 0 Å². The molecule has 0 spiro atoms. The maximum absolute atomic E-state index is 11.0. The van der Waals surface area contributed by atoms with Crippen LogP contribution in [0.25, 0.3) is 0 Å². The van der Waals surface area contributed by atoms with E-state index in [-0.39, 0.29) is 5.69 Å². The van der Waals surface area contributed by atoms with E-state index in [9.17, 15) is 15.4 Å². The lowest BCUT2D eigenvalue weighted by Gasteiger charge is -2.24. The van der Waals surface area contributed by atoms with E-state index in [0.29, 0.717) is 5.56 Å². The van der Waals surface area contributed by atoms with Crippen LogP contribution < -0.4 is 0 Å². The Morgan fingerprint density at radius 2 is 1.42 bits per heavy atom. The number of nitro groups is 1. The van der Waals surface area contributed by atoms with Gasteiger partial charge in [0.25, 0.3) is 5.69 Å². The van der Waals surface area contributed by atoms with Crippen LogP contribution in [0.2, 0.25) is 0 Å². The van der Waals surface area contributed by atoms with Crippen LogP contribution in [0.15, 0.2) is 93.5 Å². The Kier molecular flexibility index (Phi) is 4.59. The highest BCUT2D eigenvalue weighted by Crippen LogP contribution is 2.52. The largest absolute Gasteiger partial charge is 0.270 e. The number of nitro benzene ring substituents is 1. The Balaban J connectivity index is 2.21. The Morgan fingerprint density at radius 3 is 1.88 bits per heavy atom. The van der Waals surface area contributed by atoms with Crippen molar-refractivity contribution in [2.75, 3.05) is 0 Å². The van der Waals surface area contributed by atoms with Crippen molar-refractivity contribution in [3.05, 3.63) is 94.5 Å². The van der Waals surface area contributed by atoms with Gasteiger partial charge in [0, 0.05) is 17.0 Å². The van der Waals surface area contributed by atoms with Crippen LogP contribution in [0.5, 0.6) is 0 Å². The number of non-ortho nitro benzene ring substituents is 1. The second-order valence-corrected chi connectivity index (χ2v) is 7.26. The molecule has 0 aliphatic rings. The molecule has 0 amide bonds. The van der Waals surface area contributed by atoms with Crippen molar-refractivity contribution in [1.82, 2.24) is 0 Å². The van der Waals surface area contributed by atoms with Gasteiger partial charge in [0.05, 0.1) is 10.5 Å². The second-order valence-electron chi connectivity index (χ2n) is 5.08. The van der Waals surface area contributed by atoms with Gasteiger partial charge in [0.1, 0.15) is 6.07 Å².